The Labute approximate surface area is 128 Å². The molecule has 2 N–H and O–H groups in total. The van der Waals surface area contributed by atoms with Crippen LogP contribution in [0.25, 0.3) is 0 Å². The summed E-state index contributed by atoms with van der Waals surface area (Å²) < 4.78 is 2.09. The Balaban J connectivity index is 2.22. The molecule has 2 rings (SSSR count). The summed E-state index contributed by atoms with van der Waals surface area (Å²) in [6.07, 6.45) is 2.70. The van der Waals surface area contributed by atoms with Crippen LogP contribution in [0.2, 0.25) is 0 Å². The maximum absolute atomic E-state index is 5.56. The lowest BCUT2D eigenvalue weighted by molar-refractivity contribution is 0.964. The van der Waals surface area contributed by atoms with Crippen molar-refractivity contribution in [1.82, 2.24) is 4.98 Å². The predicted molar refractivity (Wildman–Crippen MR) is 83.0 cm³/mol. The third kappa shape index (κ3) is 3.57. The Kier molecular flexibility index (Phi) is 5.24. The van der Waals surface area contributed by atoms with Crippen LogP contribution in [0.15, 0.2) is 55.4 Å². The standard InChI is InChI=1S/C13H12Br2N2S/c14-10-2-1-7-17-13(10)18-12-4-3-9(5-6-16)8-11(12)15/h1-4,7-8H,5-6,16H2. The SMILES string of the molecule is NCCc1ccc(Sc2ncccc2Br)c(Br)c1. The molecular formula is C13H12Br2N2S. The Morgan fingerprint density at radius 2 is 2.00 bits per heavy atom. The number of rotatable bonds is 4. The molecule has 0 saturated heterocycles. The molecule has 0 saturated carbocycles. The monoisotopic (exact) mass is 386 g/mol. The first-order valence-corrected chi connectivity index (χ1v) is 7.88. The first kappa shape index (κ1) is 14.1. The van der Waals surface area contributed by atoms with Crippen molar-refractivity contribution < 1.29 is 0 Å². The number of benzene rings is 1. The first-order chi connectivity index (χ1) is 8.70. The molecule has 0 aliphatic heterocycles. The molecule has 18 heavy (non-hydrogen) atoms. The summed E-state index contributed by atoms with van der Waals surface area (Å²) in [4.78, 5) is 5.50. The van der Waals surface area contributed by atoms with Crippen molar-refractivity contribution in [2.24, 2.45) is 5.73 Å². The van der Waals surface area contributed by atoms with Crippen LogP contribution >= 0.6 is 43.6 Å². The lowest BCUT2D eigenvalue weighted by Crippen LogP contribution is -2.02. The first-order valence-electron chi connectivity index (χ1n) is 5.47. The van der Waals surface area contributed by atoms with Crippen LogP contribution in [0, 0.1) is 0 Å². The maximum atomic E-state index is 5.56. The summed E-state index contributed by atoms with van der Waals surface area (Å²) in [5.41, 5.74) is 6.80. The van der Waals surface area contributed by atoms with Gasteiger partial charge in [-0.05, 0) is 74.7 Å². The van der Waals surface area contributed by atoms with Crippen LogP contribution in [-0.2, 0) is 6.42 Å². The van der Waals surface area contributed by atoms with Gasteiger partial charge in [0, 0.05) is 15.6 Å². The van der Waals surface area contributed by atoms with Gasteiger partial charge in [-0.2, -0.15) is 0 Å². The van der Waals surface area contributed by atoms with E-state index in [-0.39, 0.29) is 0 Å². The van der Waals surface area contributed by atoms with Crippen LogP contribution in [-0.4, -0.2) is 11.5 Å². The van der Waals surface area contributed by atoms with Gasteiger partial charge in [-0.1, -0.05) is 17.8 Å². The number of hydrogen-bond donors (Lipinski definition) is 1. The van der Waals surface area contributed by atoms with Gasteiger partial charge in [0.2, 0.25) is 0 Å². The van der Waals surface area contributed by atoms with Crippen molar-refractivity contribution >= 4 is 43.6 Å². The fourth-order valence-electron chi connectivity index (χ4n) is 1.50. The second-order valence-corrected chi connectivity index (χ2v) is 6.44. The number of aromatic nitrogens is 1. The zero-order chi connectivity index (χ0) is 13.0. The normalized spacial score (nSPS) is 10.6. The summed E-state index contributed by atoms with van der Waals surface area (Å²) >= 11 is 8.73. The smallest absolute Gasteiger partial charge is 0.115 e. The van der Waals surface area contributed by atoms with E-state index in [2.05, 4.69) is 55.0 Å². The van der Waals surface area contributed by atoms with Gasteiger partial charge in [-0.25, -0.2) is 4.98 Å². The number of hydrogen-bond acceptors (Lipinski definition) is 3. The van der Waals surface area contributed by atoms with Gasteiger partial charge in [0.15, 0.2) is 0 Å². The predicted octanol–water partition coefficient (Wildman–Crippen LogP) is 4.26. The van der Waals surface area contributed by atoms with Crippen LogP contribution in [0.5, 0.6) is 0 Å². The van der Waals surface area contributed by atoms with E-state index in [4.69, 9.17) is 5.73 Å². The molecule has 0 aliphatic rings. The van der Waals surface area contributed by atoms with Gasteiger partial charge in [0.1, 0.15) is 5.03 Å². The highest BCUT2D eigenvalue weighted by Gasteiger charge is 2.07. The second kappa shape index (κ2) is 6.70. The molecular weight excluding hydrogens is 376 g/mol. The van der Waals surface area contributed by atoms with E-state index in [0.717, 1.165) is 25.3 Å². The number of pyridine rings is 1. The average molecular weight is 388 g/mol. The van der Waals surface area contributed by atoms with Crippen molar-refractivity contribution in [1.29, 1.82) is 0 Å². The van der Waals surface area contributed by atoms with E-state index < -0.39 is 0 Å². The zero-order valence-corrected chi connectivity index (χ0v) is 13.6. The van der Waals surface area contributed by atoms with E-state index in [1.807, 2.05) is 12.1 Å². The molecule has 0 bridgehead atoms. The quantitative estimate of drug-likeness (QED) is 0.851. The highest BCUT2D eigenvalue weighted by Crippen LogP contribution is 2.36. The zero-order valence-electron chi connectivity index (χ0n) is 9.57. The highest BCUT2D eigenvalue weighted by atomic mass is 79.9. The molecule has 1 aromatic heterocycles. The van der Waals surface area contributed by atoms with Crippen LogP contribution < -0.4 is 5.73 Å². The minimum Gasteiger partial charge on any atom is -0.330 e. The Hall–Kier alpha value is -0.360. The molecule has 1 aromatic carbocycles. The third-order valence-electron chi connectivity index (χ3n) is 2.36. The molecule has 94 valence electrons. The van der Waals surface area contributed by atoms with E-state index in [1.165, 1.54) is 5.56 Å². The van der Waals surface area contributed by atoms with Crippen LogP contribution in [0.3, 0.4) is 0 Å². The summed E-state index contributed by atoms with van der Waals surface area (Å²) in [6, 6.07) is 10.2. The molecule has 0 amide bonds. The third-order valence-corrected chi connectivity index (χ3v) is 5.28. The topological polar surface area (TPSA) is 38.9 Å². The summed E-state index contributed by atoms with van der Waals surface area (Å²) in [5, 5.41) is 0.963. The molecule has 2 aromatic rings. The van der Waals surface area contributed by atoms with Gasteiger partial charge >= 0.3 is 0 Å². The molecule has 0 fully saturated rings. The summed E-state index contributed by atoms with van der Waals surface area (Å²) in [6.45, 7) is 0.671. The minimum atomic E-state index is 0.671. The number of nitrogens with zero attached hydrogens (tertiary/aromatic N) is 1. The largest absolute Gasteiger partial charge is 0.330 e. The molecule has 0 aliphatic carbocycles. The van der Waals surface area contributed by atoms with Crippen LogP contribution in [0.4, 0.5) is 0 Å². The molecule has 0 atom stereocenters. The van der Waals surface area contributed by atoms with Crippen molar-refractivity contribution in [2.45, 2.75) is 16.3 Å². The molecule has 0 spiro atoms. The molecule has 0 unspecified atom stereocenters. The fourth-order valence-corrected chi connectivity index (χ4v) is 3.45. The Morgan fingerprint density at radius 1 is 1.17 bits per heavy atom. The van der Waals surface area contributed by atoms with Crippen molar-refractivity contribution in [3.05, 3.63) is 51.0 Å². The van der Waals surface area contributed by atoms with E-state index in [9.17, 15) is 0 Å². The number of halogens is 2. The average Bonchev–Trinajstić information content (AvgIpc) is 2.35. The van der Waals surface area contributed by atoms with E-state index in [0.29, 0.717) is 6.54 Å². The Morgan fingerprint density at radius 3 is 2.67 bits per heavy atom. The summed E-state index contributed by atoms with van der Waals surface area (Å²) in [7, 11) is 0. The molecule has 2 nitrogen and oxygen atoms in total. The Bertz CT molecular complexity index is 546. The van der Waals surface area contributed by atoms with E-state index in [1.54, 1.807) is 18.0 Å². The van der Waals surface area contributed by atoms with Gasteiger partial charge in [-0.15, -0.1) is 0 Å². The van der Waals surface area contributed by atoms with Gasteiger partial charge in [0.05, 0.1) is 4.47 Å². The molecule has 5 heteroatoms. The van der Waals surface area contributed by atoms with Gasteiger partial charge in [-0.3, -0.25) is 0 Å². The lowest BCUT2D eigenvalue weighted by atomic mass is 10.2. The van der Waals surface area contributed by atoms with Gasteiger partial charge in [0.25, 0.3) is 0 Å². The molecule has 0 radical (unpaired) electrons. The maximum Gasteiger partial charge on any atom is 0.115 e. The summed E-state index contributed by atoms with van der Waals surface area (Å²) in [5.74, 6) is 0. The second-order valence-electron chi connectivity index (χ2n) is 3.70. The molecule has 1 heterocycles. The van der Waals surface area contributed by atoms with Gasteiger partial charge < -0.3 is 5.73 Å². The highest BCUT2D eigenvalue weighted by molar-refractivity contribution is 9.11. The van der Waals surface area contributed by atoms with Crippen LogP contribution in [0.1, 0.15) is 5.56 Å². The van der Waals surface area contributed by atoms with Crippen molar-refractivity contribution in [2.75, 3.05) is 6.54 Å². The fraction of sp³-hybridized carbons (Fsp3) is 0.154. The van der Waals surface area contributed by atoms with Crippen molar-refractivity contribution in [3.8, 4) is 0 Å². The minimum absolute atomic E-state index is 0.671. The lowest BCUT2D eigenvalue weighted by Gasteiger charge is -2.07. The van der Waals surface area contributed by atoms with Crippen molar-refractivity contribution in [3.63, 3.8) is 0 Å². The number of nitrogens with two attached hydrogens (primary N) is 1. The van der Waals surface area contributed by atoms with E-state index >= 15 is 0 Å².